The number of nitrogens with zero attached hydrogens (tertiary/aromatic N) is 1. The average molecular weight is 298 g/mol. The van der Waals surface area contributed by atoms with E-state index in [-0.39, 0.29) is 37.2 Å². The van der Waals surface area contributed by atoms with Gasteiger partial charge in [-0.15, -0.1) is 0 Å². The largest absolute Gasteiger partial charge is 0.395 e. The monoisotopic (exact) mass is 298 g/mol. The van der Waals surface area contributed by atoms with Gasteiger partial charge in [0, 0.05) is 24.2 Å². The summed E-state index contributed by atoms with van der Waals surface area (Å²) < 4.78 is 26.0. The fourth-order valence-corrected chi connectivity index (χ4v) is 2.05. The van der Waals surface area contributed by atoms with E-state index in [0.717, 1.165) is 25.0 Å². The van der Waals surface area contributed by atoms with Crippen molar-refractivity contribution in [1.82, 2.24) is 10.2 Å². The maximum atomic E-state index is 13.0. The lowest BCUT2D eigenvalue weighted by molar-refractivity contribution is -0.131. The Morgan fingerprint density at radius 3 is 2.38 bits per heavy atom. The van der Waals surface area contributed by atoms with Gasteiger partial charge in [0.15, 0.2) is 0 Å². The number of nitrogens with one attached hydrogen (secondary N) is 1. The summed E-state index contributed by atoms with van der Waals surface area (Å²) in [6.07, 6.45) is 1.77. The van der Waals surface area contributed by atoms with Gasteiger partial charge in [-0.1, -0.05) is 0 Å². The Morgan fingerprint density at radius 2 is 1.86 bits per heavy atom. The highest BCUT2D eigenvalue weighted by atomic mass is 19.1. The van der Waals surface area contributed by atoms with Crippen LogP contribution in [0.25, 0.3) is 0 Å². The summed E-state index contributed by atoms with van der Waals surface area (Å²) in [6.45, 7) is -0.202. The number of hydrogen-bond acceptors (Lipinski definition) is 3. The third-order valence-corrected chi connectivity index (χ3v) is 3.17. The number of aliphatic hydroxyl groups excluding tert-OH is 1. The standard InChI is InChI=1S/C14H16F2N2O3/c15-10-5-9(6-11(16)7-10)14(21)17-8-13(20)18(3-4-19)12-1-2-12/h5-7,12,19H,1-4,8H2,(H,17,21). The van der Waals surface area contributed by atoms with E-state index in [2.05, 4.69) is 5.32 Å². The van der Waals surface area contributed by atoms with Crippen LogP contribution in [0, 0.1) is 11.6 Å². The number of benzene rings is 1. The Bertz CT molecular complexity index is 527. The van der Waals surface area contributed by atoms with Crippen molar-refractivity contribution in [2.24, 2.45) is 0 Å². The van der Waals surface area contributed by atoms with Crippen molar-refractivity contribution in [3.05, 3.63) is 35.4 Å². The zero-order chi connectivity index (χ0) is 15.4. The lowest BCUT2D eigenvalue weighted by Gasteiger charge is -2.21. The Hall–Kier alpha value is -2.02. The molecular weight excluding hydrogens is 282 g/mol. The second-order valence-electron chi connectivity index (χ2n) is 4.88. The molecule has 2 N–H and O–H groups in total. The minimum Gasteiger partial charge on any atom is -0.395 e. The molecule has 1 aliphatic carbocycles. The van der Waals surface area contributed by atoms with E-state index in [1.54, 1.807) is 0 Å². The van der Waals surface area contributed by atoms with Crippen LogP contribution in [0.1, 0.15) is 23.2 Å². The van der Waals surface area contributed by atoms with E-state index >= 15 is 0 Å². The normalized spacial score (nSPS) is 13.9. The first-order chi connectivity index (χ1) is 10.0. The van der Waals surface area contributed by atoms with Crippen LogP contribution in [0.3, 0.4) is 0 Å². The predicted molar refractivity (Wildman–Crippen MR) is 70.5 cm³/mol. The molecule has 5 nitrogen and oxygen atoms in total. The molecule has 1 aromatic rings. The highest BCUT2D eigenvalue weighted by molar-refractivity contribution is 5.96. The Labute approximate surface area is 120 Å². The summed E-state index contributed by atoms with van der Waals surface area (Å²) in [7, 11) is 0. The Kier molecular flexibility index (Phi) is 4.85. The summed E-state index contributed by atoms with van der Waals surface area (Å²) in [4.78, 5) is 25.2. The van der Waals surface area contributed by atoms with Gasteiger partial charge in [0.1, 0.15) is 11.6 Å². The van der Waals surface area contributed by atoms with E-state index in [9.17, 15) is 18.4 Å². The maximum Gasteiger partial charge on any atom is 0.251 e. The second-order valence-corrected chi connectivity index (χ2v) is 4.88. The fraction of sp³-hybridized carbons (Fsp3) is 0.429. The Morgan fingerprint density at radius 1 is 1.24 bits per heavy atom. The minimum atomic E-state index is -0.855. The molecule has 0 aliphatic heterocycles. The molecule has 0 aromatic heterocycles. The molecule has 2 amide bonds. The number of hydrogen-bond donors (Lipinski definition) is 2. The molecule has 1 aromatic carbocycles. The van der Waals surface area contributed by atoms with Gasteiger partial charge in [0.05, 0.1) is 13.2 Å². The summed E-state index contributed by atoms with van der Waals surface area (Å²) in [5.74, 6) is -2.75. The third-order valence-electron chi connectivity index (χ3n) is 3.17. The van der Waals surface area contributed by atoms with Crippen molar-refractivity contribution in [1.29, 1.82) is 0 Å². The summed E-state index contributed by atoms with van der Waals surface area (Å²) in [5, 5.41) is 11.2. The first-order valence-corrected chi connectivity index (χ1v) is 6.66. The quantitative estimate of drug-likeness (QED) is 0.811. The smallest absolute Gasteiger partial charge is 0.251 e. The van der Waals surface area contributed by atoms with Crippen molar-refractivity contribution < 1.29 is 23.5 Å². The number of halogens is 2. The summed E-state index contributed by atoms with van der Waals surface area (Å²) >= 11 is 0. The van der Waals surface area contributed by atoms with Gasteiger partial charge >= 0.3 is 0 Å². The SMILES string of the molecule is O=C(NCC(=O)N(CCO)C1CC1)c1cc(F)cc(F)c1. The molecular formula is C14H16F2N2O3. The molecule has 0 atom stereocenters. The maximum absolute atomic E-state index is 13.0. The first-order valence-electron chi connectivity index (χ1n) is 6.66. The minimum absolute atomic E-state index is 0.119. The van der Waals surface area contributed by atoms with Crippen molar-refractivity contribution >= 4 is 11.8 Å². The van der Waals surface area contributed by atoms with Crippen molar-refractivity contribution in [2.45, 2.75) is 18.9 Å². The summed E-state index contributed by atoms with van der Waals surface area (Å²) in [5.41, 5.74) is -0.180. The highest BCUT2D eigenvalue weighted by Crippen LogP contribution is 2.26. The van der Waals surface area contributed by atoms with Gasteiger partial charge in [-0.25, -0.2) is 8.78 Å². The second kappa shape index (κ2) is 6.62. The Balaban J connectivity index is 1.92. The van der Waals surface area contributed by atoms with Crippen LogP contribution in [0.5, 0.6) is 0 Å². The number of carbonyl (C=O) groups is 2. The molecule has 0 spiro atoms. The number of rotatable bonds is 6. The van der Waals surface area contributed by atoms with Crippen LogP contribution in [-0.2, 0) is 4.79 Å². The first kappa shape index (κ1) is 15.4. The van der Waals surface area contributed by atoms with Crippen LogP contribution >= 0.6 is 0 Å². The molecule has 0 bridgehead atoms. The number of amides is 2. The molecule has 0 saturated heterocycles. The molecule has 0 radical (unpaired) electrons. The molecule has 1 saturated carbocycles. The molecule has 1 fully saturated rings. The fourth-order valence-electron chi connectivity index (χ4n) is 2.05. The topological polar surface area (TPSA) is 69.6 Å². The lowest BCUT2D eigenvalue weighted by atomic mass is 10.2. The van der Waals surface area contributed by atoms with Crippen molar-refractivity contribution in [2.75, 3.05) is 19.7 Å². The molecule has 2 rings (SSSR count). The van der Waals surface area contributed by atoms with Gasteiger partial charge in [-0.05, 0) is 25.0 Å². The summed E-state index contributed by atoms with van der Waals surface area (Å²) in [6, 6.07) is 2.58. The zero-order valence-corrected chi connectivity index (χ0v) is 11.3. The van der Waals surface area contributed by atoms with Crippen LogP contribution in [0.2, 0.25) is 0 Å². The third kappa shape index (κ3) is 4.22. The van der Waals surface area contributed by atoms with E-state index in [1.807, 2.05) is 0 Å². The molecule has 7 heteroatoms. The lowest BCUT2D eigenvalue weighted by Crippen LogP contribution is -2.42. The van der Waals surface area contributed by atoms with Crippen LogP contribution in [0.15, 0.2) is 18.2 Å². The van der Waals surface area contributed by atoms with Gasteiger partial charge < -0.3 is 15.3 Å². The van der Waals surface area contributed by atoms with Gasteiger partial charge in [0.25, 0.3) is 5.91 Å². The van der Waals surface area contributed by atoms with Crippen LogP contribution < -0.4 is 5.32 Å². The van der Waals surface area contributed by atoms with Crippen LogP contribution in [-0.4, -0.2) is 47.6 Å². The van der Waals surface area contributed by atoms with E-state index < -0.39 is 17.5 Å². The van der Waals surface area contributed by atoms with Crippen LogP contribution in [0.4, 0.5) is 8.78 Å². The van der Waals surface area contributed by atoms with E-state index in [4.69, 9.17) is 5.11 Å². The van der Waals surface area contributed by atoms with Gasteiger partial charge in [0.2, 0.25) is 5.91 Å². The van der Waals surface area contributed by atoms with Crippen molar-refractivity contribution in [3.8, 4) is 0 Å². The molecule has 114 valence electrons. The zero-order valence-electron chi connectivity index (χ0n) is 11.3. The molecule has 0 heterocycles. The van der Waals surface area contributed by atoms with Gasteiger partial charge in [-0.2, -0.15) is 0 Å². The predicted octanol–water partition coefficient (Wildman–Crippen LogP) is 0.678. The number of carbonyl (C=O) groups excluding carboxylic acids is 2. The average Bonchev–Trinajstić information content (AvgIpc) is 3.25. The van der Waals surface area contributed by atoms with E-state index in [1.165, 1.54) is 4.90 Å². The molecule has 21 heavy (non-hydrogen) atoms. The molecule has 1 aliphatic rings. The highest BCUT2D eigenvalue weighted by Gasteiger charge is 2.31. The number of aliphatic hydroxyl groups is 1. The van der Waals surface area contributed by atoms with Crippen molar-refractivity contribution in [3.63, 3.8) is 0 Å². The molecule has 0 unspecified atom stereocenters. The van der Waals surface area contributed by atoms with E-state index in [0.29, 0.717) is 6.07 Å². The van der Waals surface area contributed by atoms with Gasteiger partial charge in [-0.3, -0.25) is 9.59 Å².